The predicted octanol–water partition coefficient (Wildman–Crippen LogP) is 2.37. The van der Waals surface area contributed by atoms with Crippen LogP contribution in [-0.4, -0.2) is 34.3 Å². The Labute approximate surface area is 107 Å². The van der Waals surface area contributed by atoms with Gasteiger partial charge in [-0.3, -0.25) is 0 Å². The second kappa shape index (κ2) is 5.41. The lowest BCUT2D eigenvalue weighted by Gasteiger charge is -2.18. The monoisotopic (exact) mass is 278 g/mol. The summed E-state index contributed by atoms with van der Waals surface area (Å²) < 4.78 is 45.0. The minimum Gasteiger partial charge on any atom is -0.467 e. The number of aromatic nitrogens is 2. The number of rotatable bonds is 3. The highest BCUT2D eigenvalue weighted by Gasteiger charge is 2.28. The SMILES string of the molecule is CC(C)(C)OC(=O)c1cnc(OCC(F)(F)F)cn1. The first-order valence-corrected chi connectivity index (χ1v) is 5.32. The second-order valence-corrected chi connectivity index (χ2v) is 4.65. The highest BCUT2D eigenvalue weighted by atomic mass is 19.4. The molecule has 0 fully saturated rings. The summed E-state index contributed by atoms with van der Waals surface area (Å²) in [5, 5.41) is 0. The van der Waals surface area contributed by atoms with Gasteiger partial charge in [0.25, 0.3) is 0 Å². The van der Waals surface area contributed by atoms with Crippen molar-refractivity contribution in [2.45, 2.75) is 32.5 Å². The number of carbonyl (C=O) groups is 1. The Kier molecular flexibility index (Phi) is 4.33. The molecule has 0 saturated carbocycles. The third-order valence-electron chi connectivity index (χ3n) is 1.62. The van der Waals surface area contributed by atoms with Crippen molar-refractivity contribution in [3.05, 3.63) is 18.1 Å². The molecular weight excluding hydrogens is 265 g/mol. The van der Waals surface area contributed by atoms with Gasteiger partial charge in [-0.2, -0.15) is 13.2 Å². The summed E-state index contributed by atoms with van der Waals surface area (Å²) in [6.07, 6.45) is -2.52. The van der Waals surface area contributed by atoms with E-state index >= 15 is 0 Å². The first-order valence-electron chi connectivity index (χ1n) is 5.32. The van der Waals surface area contributed by atoms with Crippen LogP contribution in [0.25, 0.3) is 0 Å². The highest BCUT2D eigenvalue weighted by Crippen LogP contribution is 2.16. The highest BCUT2D eigenvalue weighted by molar-refractivity contribution is 5.87. The van der Waals surface area contributed by atoms with Crippen LogP contribution in [0.4, 0.5) is 13.2 Å². The van der Waals surface area contributed by atoms with E-state index in [1.165, 1.54) is 0 Å². The van der Waals surface area contributed by atoms with Gasteiger partial charge in [-0.25, -0.2) is 14.8 Å². The topological polar surface area (TPSA) is 61.3 Å². The number of nitrogens with zero attached hydrogens (tertiary/aromatic N) is 2. The van der Waals surface area contributed by atoms with E-state index in [1.807, 2.05) is 0 Å². The maximum absolute atomic E-state index is 11.9. The average molecular weight is 278 g/mol. The molecule has 106 valence electrons. The summed E-state index contributed by atoms with van der Waals surface area (Å²) in [6.45, 7) is 3.57. The van der Waals surface area contributed by atoms with Gasteiger partial charge < -0.3 is 9.47 Å². The first kappa shape index (κ1) is 15.2. The summed E-state index contributed by atoms with van der Waals surface area (Å²) in [7, 11) is 0. The molecule has 0 radical (unpaired) electrons. The van der Waals surface area contributed by atoms with E-state index < -0.39 is 24.4 Å². The molecule has 8 heteroatoms. The van der Waals surface area contributed by atoms with Crippen molar-refractivity contribution in [2.75, 3.05) is 6.61 Å². The van der Waals surface area contributed by atoms with Gasteiger partial charge in [0.05, 0.1) is 12.4 Å². The molecule has 5 nitrogen and oxygen atoms in total. The lowest BCUT2D eigenvalue weighted by Crippen LogP contribution is -2.24. The largest absolute Gasteiger partial charge is 0.467 e. The molecular formula is C11H13F3N2O3. The zero-order valence-electron chi connectivity index (χ0n) is 10.6. The van der Waals surface area contributed by atoms with E-state index in [-0.39, 0.29) is 11.6 Å². The summed E-state index contributed by atoms with van der Waals surface area (Å²) in [6, 6.07) is 0. The lowest BCUT2D eigenvalue weighted by atomic mass is 10.2. The minimum atomic E-state index is -4.45. The maximum Gasteiger partial charge on any atom is 0.422 e. The number of hydrogen-bond acceptors (Lipinski definition) is 5. The molecule has 0 aliphatic carbocycles. The summed E-state index contributed by atoms with van der Waals surface area (Å²) in [4.78, 5) is 18.7. The Morgan fingerprint density at radius 2 is 1.84 bits per heavy atom. The van der Waals surface area contributed by atoms with E-state index in [2.05, 4.69) is 14.7 Å². The van der Waals surface area contributed by atoms with Crippen molar-refractivity contribution in [1.29, 1.82) is 0 Å². The van der Waals surface area contributed by atoms with E-state index in [9.17, 15) is 18.0 Å². The molecule has 19 heavy (non-hydrogen) atoms. The van der Waals surface area contributed by atoms with Gasteiger partial charge in [0.1, 0.15) is 5.60 Å². The van der Waals surface area contributed by atoms with Crippen LogP contribution in [0, 0.1) is 0 Å². The number of esters is 1. The summed E-state index contributed by atoms with van der Waals surface area (Å²) in [5.41, 5.74) is -0.793. The van der Waals surface area contributed by atoms with E-state index in [0.29, 0.717) is 0 Å². The molecule has 1 rings (SSSR count). The quantitative estimate of drug-likeness (QED) is 0.794. The van der Waals surface area contributed by atoms with Crippen molar-refractivity contribution in [3.8, 4) is 5.88 Å². The molecule has 1 aromatic rings. The zero-order valence-corrected chi connectivity index (χ0v) is 10.6. The fourth-order valence-electron chi connectivity index (χ4n) is 0.982. The van der Waals surface area contributed by atoms with Crippen LogP contribution < -0.4 is 4.74 Å². The molecule has 0 aromatic carbocycles. The third kappa shape index (κ3) is 6.03. The summed E-state index contributed by atoms with van der Waals surface area (Å²) in [5.74, 6) is -1.02. The average Bonchev–Trinajstić information content (AvgIpc) is 2.23. The van der Waals surface area contributed by atoms with Gasteiger partial charge in [-0.15, -0.1) is 0 Å². The van der Waals surface area contributed by atoms with Crippen LogP contribution in [0.15, 0.2) is 12.4 Å². The van der Waals surface area contributed by atoms with Gasteiger partial charge in [-0.05, 0) is 20.8 Å². The van der Waals surface area contributed by atoms with Crippen molar-refractivity contribution in [3.63, 3.8) is 0 Å². The number of carbonyl (C=O) groups excluding carboxylic acids is 1. The predicted molar refractivity (Wildman–Crippen MR) is 58.8 cm³/mol. The summed E-state index contributed by atoms with van der Waals surface area (Å²) >= 11 is 0. The Hall–Kier alpha value is -1.86. The molecule has 0 bridgehead atoms. The molecule has 0 aliphatic rings. The van der Waals surface area contributed by atoms with Crippen LogP contribution in [0.5, 0.6) is 5.88 Å². The second-order valence-electron chi connectivity index (χ2n) is 4.65. The van der Waals surface area contributed by atoms with E-state index in [4.69, 9.17) is 4.74 Å². The third-order valence-corrected chi connectivity index (χ3v) is 1.62. The Morgan fingerprint density at radius 3 is 2.26 bits per heavy atom. The molecule has 0 N–H and O–H groups in total. The molecule has 1 aromatic heterocycles. The zero-order chi connectivity index (χ0) is 14.7. The van der Waals surface area contributed by atoms with Gasteiger partial charge in [-0.1, -0.05) is 0 Å². The minimum absolute atomic E-state index is 0.103. The number of hydrogen-bond donors (Lipinski definition) is 0. The van der Waals surface area contributed by atoms with Crippen molar-refractivity contribution < 1.29 is 27.4 Å². The Morgan fingerprint density at radius 1 is 1.21 bits per heavy atom. The molecule has 0 spiro atoms. The molecule has 1 heterocycles. The molecule has 0 unspecified atom stereocenters. The van der Waals surface area contributed by atoms with Gasteiger partial charge >= 0.3 is 12.1 Å². The van der Waals surface area contributed by atoms with Gasteiger partial charge in [0.2, 0.25) is 5.88 Å². The first-order chi connectivity index (χ1) is 8.57. The van der Waals surface area contributed by atoms with Gasteiger partial charge in [0.15, 0.2) is 12.3 Å². The Bertz CT molecular complexity index is 438. The van der Waals surface area contributed by atoms with Crippen molar-refractivity contribution >= 4 is 5.97 Å². The van der Waals surface area contributed by atoms with Crippen LogP contribution in [0.1, 0.15) is 31.3 Å². The lowest BCUT2D eigenvalue weighted by molar-refractivity contribution is -0.154. The normalized spacial score (nSPS) is 12.1. The van der Waals surface area contributed by atoms with Crippen LogP contribution in [0.2, 0.25) is 0 Å². The standard InChI is InChI=1S/C11H13F3N2O3/c1-10(2,3)19-9(17)7-4-16-8(5-15-7)18-6-11(12,13)14/h4-5H,6H2,1-3H3. The fourth-order valence-corrected chi connectivity index (χ4v) is 0.982. The number of alkyl halides is 3. The van der Waals surface area contributed by atoms with Crippen molar-refractivity contribution in [2.24, 2.45) is 0 Å². The molecule has 0 amide bonds. The smallest absolute Gasteiger partial charge is 0.422 e. The molecule has 0 atom stereocenters. The number of halogens is 3. The van der Waals surface area contributed by atoms with E-state index in [1.54, 1.807) is 20.8 Å². The number of ether oxygens (including phenoxy) is 2. The van der Waals surface area contributed by atoms with Gasteiger partial charge in [0, 0.05) is 0 Å². The molecule has 0 saturated heterocycles. The Balaban J connectivity index is 2.64. The van der Waals surface area contributed by atoms with Crippen LogP contribution in [-0.2, 0) is 4.74 Å². The molecule has 0 aliphatic heterocycles. The van der Waals surface area contributed by atoms with Crippen LogP contribution >= 0.6 is 0 Å². The fraction of sp³-hybridized carbons (Fsp3) is 0.545. The van der Waals surface area contributed by atoms with E-state index in [0.717, 1.165) is 12.4 Å². The van der Waals surface area contributed by atoms with Crippen LogP contribution in [0.3, 0.4) is 0 Å². The maximum atomic E-state index is 11.9. The van der Waals surface area contributed by atoms with Crippen molar-refractivity contribution in [1.82, 2.24) is 9.97 Å².